The molecule has 0 amide bonds. The van der Waals surface area contributed by atoms with Gasteiger partial charge in [0.05, 0.1) is 33.6 Å². The molecule has 110 heavy (non-hydrogen) atoms. The van der Waals surface area contributed by atoms with Gasteiger partial charge in [0.25, 0.3) is 0 Å². The van der Waals surface area contributed by atoms with E-state index in [1.807, 2.05) is 6.07 Å². The van der Waals surface area contributed by atoms with Crippen molar-refractivity contribution >= 4 is 10.8 Å². The van der Waals surface area contributed by atoms with Gasteiger partial charge in [0.2, 0.25) is 0 Å². The molecule has 4 aliphatic rings. The average Bonchev–Trinajstić information content (AvgIpc) is 1.49. The number of para-hydroxylation sites is 4. The second-order valence-corrected chi connectivity index (χ2v) is 29.0. The van der Waals surface area contributed by atoms with Gasteiger partial charge >= 0.3 is 0 Å². The molecule has 4 heterocycles. The molecule has 512 valence electrons. The number of benzene rings is 16. The fourth-order valence-corrected chi connectivity index (χ4v) is 18.2. The number of nitrogens with zero attached hydrogens (tertiary/aromatic N) is 4. The monoisotopic (exact) mass is 1400 g/mol. The molecule has 22 rings (SSSR count). The van der Waals surface area contributed by atoms with Crippen molar-refractivity contribution in [1.82, 2.24) is 19.9 Å². The lowest BCUT2D eigenvalue weighted by atomic mass is 9.65. The third-order valence-corrected chi connectivity index (χ3v) is 23.1. The molecule has 16 aromatic carbocycles. The molecule has 1 unspecified atom stereocenters. The van der Waals surface area contributed by atoms with E-state index in [4.69, 9.17) is 29.4 Å². The van der Waals surface area contributed by atoms with Gasteiger partial charge in [-0.15, -0.1) is 0 Å². The first-order valence-electron chi connectivity index (χ1n) is 37.6. The molecule has 6 heteroatoms. The molecule has 2 aromatic heterocycles. The van der Waals surface area contributed by atoms with Crippen LogP contribution in [0.4, 0.5) is 0 Å². The predicted octanol–water partition coefficient (Wildman–Crippen LogP) is 26.0. The highest BCUT2D eigenvalue weighted by Crippen LogP contribution is 2.66. The average molecular weight is 1400 g/mol. The SMILES string of the molecule is c1ccc(-c2ccc(-c3cc(-c4ccccc4-c4ccc5c(c4)C4(c6ccccc6Oc6c(-c7cccc(-c8nc(-c9ccccc9)cc(-c9ccc%10ccccc%10c9)n8)c7)cccc64)c4ccccc4-5)nc(-c4cccc(-c5cccc6c5Oc5ccccc5C65c6ccccc6-c6ccccc65)c4)n3)cc2)cc1. The van der Waals surface area contributed by atoms with E-state index in [2.05, 4.69) is 382 Å². The van der Waals surface area contributed by atoms with Crippen LogP contribution in [-0.2, 0) is 10.8 Å². The maximum atomic E-state index is 7.39. The van der Waals surface area contributed by atoms with E-state index in [9.17, 15) is 0 Å². The van der Waals surface area contributed by atoms with Crippen molar-refractivity contribution in [2.75, 3.05) is 0 Å². The van der Waals surface area contributed by atoms with Gasteiger partial charge in [-0.25, -0.2) is 19.9 Å². The number of fused-ring (bicyclic) bond motifs is 19. The summed E-state index contributed by atoms with van der Waals surface area (Å²) in [5.41, 5.74) is 30.0. The molecule has 18 aromatic rings. The molecule has 6 nitrogen and oxygen atoms in total. The molecule has 0 saturated heterocycles. The molecular weight excluding hydrogens is 1340 g/mol. The van der Waals surface area contributed by atoms with Crippen LogP contribution in [0.1, 0.15) is 44.5 Å². The first kappa shape index (κ1) is 62.9. The Labute approximate surface area is 637 Å². The zero-order chi connectivity index (χ0) is 72.4. The molecule has 2 aliphatic heterocycles. The van der Waals surface area contributed by atoms with Crippen LogP contribution in [0.5, 0.6) is 23.0 Å². The Balaban J connectivity index is 0.685. The number of hydrogen-bond donors (Lipinski definition) is 0. The van der Waals surface area contributed by atoms with Crippen molar-refractivity contribution in [1.29, 1.82) is 0 Å². The van der Waals surface area contributed by atoms with Crippen LogP contribution >= 0.6 is 0 Å². The summed E-state index contributed by atoms with van der Waals surface area (Å²) in [4.78, 5) is 22.0. The van der Waals surface area contributed by atoms with Crippen molar-refractivity contribution in [2.45, 2.75) is 10.8 Å². The van der Waals surface area contributed by atoms with Crippen molar-refractivity contribution in [3.8, 4) is 158 Å². The number of rotatable bonds is 10. The summed E-state index contributed by atoms with van der Waals surface area (Å²) in [6, 6.07) is 139. The molecule has 0 radical (unpaired) electrons. The van der Waals surface area contributed by atoms with Gasteiger partial charge in [0.1, 0.15) is 23.0 Å². The summed E-state index contributed by atoms with van der Waals surface area (Å²) in [5, 5.41) is 2.34. The quantitative estimate of drug-likeness (QED) is 0.136. The minimum Gasteiger partial charge on any atom is -0.456 e. The van der Waals surface area contributed by atoms with Gasteiger partial charge in [-0.2, -0.15) is 0 Å². The Hall–Kier alpha value is -14.5. The smallest absolute Gasteiger partial charge is 0.160 e. The fraction of sp³-hybridized carbons (Fsp3) is 0.0192. The van der Waals surface area contributed by atoms with Crippen LogP contribution in [0.15, 0.2) is 388 Å². The zero-order valence-electron chi connectivity index (χ0n) is 59.6. The molecular formula is C104H64N4O2. The van der Waals surface area contributed by atoms with Crippen molar-refractivity contribution in [3.05, 3.63) is 433 Å². The van der Waals surface area contributed by atoms with Gasteiger partial charge in [-0.3, -0.25) is 0 Å². The van der Waals surface area contributed by atoms with Crippen LogP contribution < -0.4 is 9.47 Å². The molecule has 0 saturated carbocycles. The Morgan fingerprint density at radius 3 is 1.09 bits per heavy atom. The summed E-state index contributed by atoms with van der Waals surface area (Å²) in [5.74, 6) is 4.52. The Morgan fingerprint density at radius 2 is 0.518 bits per heavy atom. The maximum absolute atomic E-state index is 7.39. The van der Waals surface area contributed by atoms with Crippen molar-refractivity contribution < 1.29 is 9.47 Å². The minimum atomic E-state index is -0.804. The standard InChI is InChI=1S/C104H64N4O2/c1-3-25-65(26-4-1)67-51-54-69(55-52-67)94-64-96(108-102(106-94)76-34-22-32-72(61-76)78-40-23-47-90-99(78)109-97-49-19-17-45-88(97)103(90)85-42-14-11-36-80(85)81-37-12-15-43-86(81)103)84-39-10-9-35-77(84)73-57-58-83-82-38-13-16-44-87(82)104(92(83)62-73)89-46-18-20-50-98(89)110-100-79(41-24-48-91(100)104)71-31-21-33-75(60-71)101-105-93(68-28-5-2-6-29-68)63-95(107-101)74-56-53-66-27-7-8-30-70(66)59-74/h1-64H. The van der Waals surface area contributed by atoms with E-state index in [0.29, 0.717) is 11.6 Å². The van der Waals surface area contributed by atoms with Gasteiger partial charge in [-0.1, -0.05) is 340 Å². The highest BCUT2D eigenvalue weighted by Gasteiger charge is 2.53. The first-order valence-corrected chi connectivity index (χ1v) is 37.6. The number of aromatic nitrogens is 4. The van der Waals surface area contributed by atoms with Gasteiger partial charge in [0, 0.05) is 66.8 Å². The Morgan fingerprint density at radius 1 is 0.173 bits per heavy atom. The summed E-state index contributed by atoms with van der Waals surface area (Å²) >= 11 is 0. The fourth-order valence-electron chi connectivity index (χ4n) is 18.2. The van der Waals surface area contributed by atoms with E-state index in [-0.39, 0.29) is 0 Å². The molecule has 1 atom stereocenters. The Bertz CT molecular complexity index is 6760. The normalized spacial score (nSPS) is 14.1. The van der Waals surface area contributed by atoms with Crippen LogP contribution in [0, 0.1) is 0 Å². The maximum Gasteiger partial charge on any atom is 0.160 e. The van der Waals surface area contributed by atoms with Crippen LogP contribution in [-0.4, -0.2) is 19.9 Å². The third kappa shape index (κ3) is 9.76. The predicted molar refractivity (Wildman–Crippen MR) is 444 cm³/mol. The summed E-state index contributed by atoms with van der Waals surface area (Å²) in [6.45, 7) is 0. The lowest BCUT2D eigenvalue weighted by Crippen LogP contribution is -2.32. The van der Waals surface area contributed by atoms with Gasteiger partial charge < -0.3 is 9.47 Å². The van der Waals surface area contributed by atoms with Crippen LogP contribution in [0.25, 0.3) is 145 Å². The van der Waals surface area contributed by atoms with Crippen molar-refractivity contribution in [3.63, 3.8) is 0 Å². The summed E-state index contributed by atoms with van der Waals surface area (Å²) in [7, 11) is 0. The molecule has 0 bridgehead atoms. The van der Waals surface area contributed by atoms with Crippen LogP contribution in [0.2, 0.25) is 0 Å². The lowest BCUT2D eigenvalue weighted by Gasteiger charge is -2.40. The van der Waals surface area contributed by atoms with Gasteiger partial charge in [-0.05, 0) is 137 Å². The van der Waals surface area contributed by atoms with E-state index in [1.165, 1.54) is 49.9 Å². The Kier molecular flexibility index (Phi) is 14.3. The highest BCUT2D eigenvalue weighted by molar-refractivity contribution is 5.96. The third-order valence-electron chi connectivity index (χ3n) is 23.1. The molecule has 2 aliphatic carbocycles. The van der Waals surface area contributed by atoms with E-state index < -0.39 is 10.8 Å². The number of hydrogen-bond acceptors (Lipinski definition) is 6. The minimum absolute atomic E-state index is 0.603. The van der Waals surface area contributed by atoms with E-state index in [0.717, 1.165) is 151 Å². The van der Waals surface area contributed by atoms with Gasteiger partial charge in [0.15, 0.2) is 11.6 Å². The van der Waals surface area contributed by atoms with Crippen LogP contribution in [0.3, 0.4) is 0 Å². The molecule has 2 spiro atoms. The topological polar surface area (TPSA) is 70.0 Å². The summed E-state index contributed by atoms with van der Waals surface area (Å²) < 4.78 is 14.6. The number of ether oxygens (including phenoxy) is 2. The zero-order valence-corrected chi connectivity index (χ0v) is 59.6. The molecule has 0 N–H and O–H groups in total. The largest absolute Gasteiger partial charge is 0.456 e. The first-order chi connectivity index (χ1) is 54.5. The second-order valence-electron chi connectivity index (χ2n) is 29.0. The lowest BCUT2D eigenvalue weighted by molar-refractivity contribution is 0.438. The highest BCUT2D eigenvalue weighted by atomic mass is 16.5. The molecule has 0 fully saturated rings. The second kappa shape index (κ2) is 25.1. The van der Waals surface area contributed by atoms with E-state index in [1.54, 1.807) is 0 Å². The summed E-state index contributed by atoms with van der Waals surface area (Å²) in [6.07, 6.45) is 0. The van der Waals surface area contributed by atoms with Crippen molar-refractivity contribution in [2.24, 2.45) is 0 Å². The van der Waals surface area contributed by atoms with E-state index >= 15 is 0 Å².